The summed E-state index contributed by atoms with van der Waals surface area (Å²) in [6.45, 7) is 5.20. The van der Waals surface area contributed by atoms with Crippen LogP contribution in [0.1, 0.15) is 20.8 Å². The van der Waals surface area contributed by atoms with E-state index >= 15 is 0 Å². The first kappa shape index (κ1) is 17.0. The van der Waals surface area contributed by atoms with Crippen molar-refractivity contribution >= 4 is 34.7 Å². The molecular weight excluding hydrogens is 346 g/mol. The van der Waals surface area contributed by atoms with E-state index in [1.54, 1.807) is 37.7 Å². The molecule has 0 fully saturated rings. The molecule has 130 valence electrons. The third-order valence-electron chi connectivity index (χ3n) is 3.33. The van der Waals surface area contributed by atoms with Crippen LogP contribution in [0.2, 0.25) is 5.15 Å². The van der Waals surface area contributed by atoms with Gasteiger partial charge in [-0.05, 0) is 20.8 Å². The van der Waals surface area contributed by atoms with E-state index in [9.17, 15) is 4.79 Å². The van der Waals surface area contributed by atoms with Gasteiger partial charge in [0.2, 0.25) is 5.95 Å². The largest absolute Gasteiger partial charge is 0.443 e. The number of hydrogen-bond donors (Lipinski definition) is 1. The second-order valence-electron chi connectivity index (χ2n) is 6.35. The Labute approximate surface area is 148 Å². The van der Waals surface area contributed by atoms with Gasteiger partial charge in [-0.1, -0.05) is 11.6 Å². The lowest BCUT2D eigenvalue weighted by Crippen LogP contribution is -2.24. The Balaban J connectivity index is 2.12. The summed E-state index contributed by atoms with van der Waals surface area (Å²) >= 11 is 6.12. The summed E-state index contributed by atoms with van der Waals surface area (Å²) in [4.78, 5) is 32.6. The number of aromatic nitrogens is 6. The van der Waals surface area contributed by atoms with E-state index in [1.807, 2.05) is 0 Å². The van der Waals surface area contributed by atoms with Crippen LogP contribution in [0.4, 0.5) is 5.95 Å². The number of nitrogens with zero attached hydrogens (tertiary/aromatic N) is 6. The lowest BCUT2D eigenvalue weighted by Gasteiger charge is -2.17. The Morgan fingerprint density at radius 3 is 2.56 bits per heavy atom. The van der Waals surface area contributed by atoms with Crippen molar-refractivity contribution in [2.75, 3.05) is 5.73 Å². The van der Waals surface area contributed by atoms with Crippen LogP contribution in [-0.2, 0) is 16.3 Å². The van der Waals surface area contributed by atoms with Gasteiger partial charge in [0.05, 0.1) is 11.0 Å². The monoisotopic (exact) mass is 361 g/mol. The molecule has 3 heterocycles. The first-order valence-electron chi connectivity index (χ1n) is 7.39. The summed E-state index contributed by atoms with van der Waals surface area (Å²) in [5.41, 5.74) is 6.37. The fraction of sp³-hybridized carbons (Fsp3) is 0.333. The zero-order valence-electron chi connectivity index (χ0n) is 13.9. The number of nitrogen functional groups attached to an aromatic ring is 1. The van der Waals surface area contributed by atoms with E-state index < -0.39 is 5.41 Å². The third kappa shape index (κ3) is 3.36. The molecule has 0 radical (unpaired) electrons. The molecule has 3 aromatic heterocycles. The smallest absolute Gasteiger partial charge is 0.312 e. The van der Waals surface area contributed by atoms with Crippen LogP contribution in [0.3, 0.4) is 0 Å². The maximum absolute atomic E-state index is 12.1. The van der Waals surface area contributed by atoms with E-state index in [4.69, 9.17) is 22.1 Å². The summed E-state index contributed by atoms with van der Waals surface area (Å²) < 4.78 is 6.98. The average molecular weight is 362 g/mol. The molecule has 0 aliphatic rings. The standard InChI is InChI=1S/C15H16ClN7O2/c1-15(2,3)13(24)25-7-23-11(8-4-18-6-19-5-8)20-9-10(16)21-14(17)22-12(9)23/h4-6H,7H2,1-3H3,(H2,17,21,22). The van der Waals surface area contributed by atoms with Crippen LogP contribution in [0, 0.1) is 5.41 Å². The summed E-state index contributed by atoms with van der Waals surface area (Å²) in [6, 6.07) is 0. The molecule has 0 saturated heterocycles. The fourth-order valence-electron chi connectivity index (χ4n) is 2.08. The predicted molar refractivity (Wildman–Crippen MR) is 91.3 cm³/mol. The van der Waals surface area contributed by atoms with Crippen molar-refractivity contribution in [2.24, 2.45) is 5.41 Å². The zero-order chi connectivity index (χ0) is 18.2. The van der Waals surface area contributed by atoms with Gasteiger partial charge in [0.25, 0.3) is 0 Å². The van der Waals surface area contributed by atoms with Crippen molar-refractivity contribution in [3.05, 3.63) is 23.9 Å². The first-order chi connectivity index (χ1) is 11.8. The van der Waals surface area contributed by atoms with E-state index in [0.717, 1.165) is 0 Å². The van der Waals surface area contributed by atoms with Gasteiger partial charge in [-0.25, -0.2) is 15.0 Å². The fourth-order valence-corrected chi connectivity index (χ4v) is 2.29. The molecular formula is C15H16ClN7O2. The topological polar surface area (TPSA) is 122 Å². The minimum atomic E-state index is -0.641. The number of esters is 1. The lowest BCUT2D eigenvalue weighted by molar-refractivity contribution is -0.156. The number of carbonyl (C=O) groups excluding carboxylic acids is 1. The van der Waals surface area contributed by atoms with Crippen molar-refractivity contribution < 1.29 is 9.53 Å². The van der Waals surface area contributed by atoms with E-state index in [2.05, 4.69) is 24.9 Å². The Kier molecular flexibility index (Phi) is 4.25. The molecule has 3 rings (SSSR count). The third-order valence-corrected chi connectivity index (χ3v) is 3.59. The van der Waals surface area contributed by atoms with Gasteiger partial charge in [0.15, 0.2) is 17.5 Å². The second kappa shape index (κ2) is 6.25. The highest BCUT2D eigenvalue weighted by atomic mass is 35.5. The molecule has 10 heteroatoms. The lowest BCUT2D eigenvalue weighted by atomic mass is 9.98. The van der Waals surface area contributed by atoms with Crippen molar-refractivity contribution in [1.82, 2.24) is 29.5 Å². The van der Waals surface area contributed by atoms with Gasteiger partial charge in [-0.2, -0.15) is 9.97 Å². The maximum Gasteiger partial charge on any atom is 0.312 e. The van der Waals surface area contributed by atoms with Crippen LogP contribution in [0.5, 0.6) is 0 Å². The van der Waals surface area contributed by atoms with Gasteiger partial charge < -0.3 is 10.5 Å². The normalized spacial score (nSPS) is 11.7. The van der Waals surface area contributed by atoms with Gasteiger partial charge in [0, 0.05) is 12.4 Å². The summed E-state index contributed by atoms with van der Waals surface area (Å²) in [5.74, 6) is 0.0773. The van der Waals surface area contributed by atoms with Gasteiger partial charge in [0.1, 0.15) is 17.7 Å². The molecule has 0 spiro atoms. The molecule has 0 aliphatic carbocycles. The molecule has 0 atom stereocenters. The van der Waals surface area contributed by atoms with Crippen molar-refractivity contribution in [3.8, 4) is 11.4 Å². The number of rotatable bonds is 3. The molecule has 3 aromatic rings. The molecule has 2 N–H and O–H groups in total. The SMILES string of the molecule is CC(C)(C)C(=O)OCn1c(-c2cncnc2)nc2c(Cl)nc(N)nc21. The quantitative estimate of drug-likeness (QED) is 0.555. The minimum Gasteiger partial charge on any atom is -0.443 e. The van der Waals surface area contributed by atoms with Crippen molar-refractivity contribution in [3.63, 3.8) is 0 Å². The second-order valence-corrected chi connectivity index (χ2v) is 6.70. The summed E-state index contributed by atoms with van der Waals surface area (Å²) in [7, 11) is 0. The van der Waals surface area contributed by atoms with E-state index in [0.29, 0.717) is 22.6 Å². The Morgan fingerprint density at radius 2 is 1.92 bits per heavy atom. The zero-order valence-corrected chi connectivity index (χ0v) is 14.7. The maximum atomic E-state index is 12.1. The number of halogens is 1. The number of fused-ring (bicyclic) bond motifs is 1. The number of ether oxygens (including phenoxy) is 1. The summed E-state index contributed by atoms with van der Waals surface area (Å²) in [6.07, 6.45) is 4.57. The number of hydrogen-bond acceptors (Lipinski definition) is 8. The number of carbonyl (C=O) groups is 1. The number of nitrogens with two attached hydrogens (primary N) is 1. The molecule has 0 amide bonds. The highest BCUT2D eigenvalue weighted by Gasteiger charge is 2.25. The van der Waals surface area contributed by atoms with Gasteiger partial charge >= 0.3 is 5.97 Å². The Bertz CT molecular complexity index is 934. The molecule has 0 saturated carbocycles. The highest BCUT2D eigenvalue weighted by molar-refractivity contribution is 6.33. The Hall–Kier alpha value is -2.81. The first-order valence-corrected chi connectivity index (χ1v) is 7.77. The van der Waals surface area contributed by atoms with Crippen LogP contribution < -0.4 is 5.73 Å². The van der Waals surface area contributed by atoms with Gasteiger partial charge in [-0.3, -0.25) is 9.36 Å². The molecule has 0 aromatic carbocycles. The molecule has 0 bridgehead atoms. The molecule has 0 aliphatic heterocycles. The molecule has 0 unspecified atom stereocenters. The predicted octanol–water partition coefficient (Wildman–Crippen LogP) is 2.07. The van der Waals surface area contributed by atoms with E-state index in [1.165, 1.54) is 6.33 Å². The van der Waals surface area contributed by atoms with Crippen LogP contribution in [0.15, 0.2) is 18.7 Å². The number of imidazole rings is 1. The van der Waals surface area contributed by atoms with Crippen LogP contribution in [-0.4, -0.2) is 35.5 Å². The highest BCUT2D eigenvalue weighted by Crippen LogP contribution is 2.27. The Morgan fingerprint density at radius 1 is 1.24 bits per heavy atom. The number of anilines is 1. The van der Waals surface area contributed by atoms with Crippen LogP contribution in [0.25, 0.3) is 22.6 Å². The molecule has 25 heavy (non-hydrogen) atoms. The van der Waals surface area contributed by atoms with E-state index in [-0.39, 0.29) is 23.8 Å². The average Bonchev–Trinajstić information content (AvgIpc) is 2.91. The summed E-state index contributed by atoms with van der Waals surface area (Å²) in [5, 5.41) is 0.112. The van der Waals surface area contributed by atoms with Gasteiger partial charge in [-0.15, -0.1) is 0 Å². The van der Waals surface area contributed by atoms with Crippen LogP contribution >= 0.6 is 11.6 Å². The molecule has 9 nitrogen and oxygen atoms in total. The minimum absolute atomic E-state index is 0.00309. The van der Waals surface area contributed by atoms with Crippen molar-refractivity contribution in [2.45, 2.75) is 27.5 Å². The van der Waals surface area contributed by atoms with Crippen molar-refractivity contribution in [1.29, 1.82) is 0 Å².